The number of amidine groups is 1. The van der Waals surface area contributed by atoms with Gasteiger partial charge in [-0.3, -0.25) is 9.11 Å². The highest BCUT2D eigenvalue weighted by atomic mass is 32.3. The molecule has 24 heavy (non-hydrogen) atoms. The Bertz CT molecular complexity index is 888. The summed E-state index contributed by atoms with van der Waals surface area (Å²) in [6.45, 7) is 0. The minimum atomic E-state index is -4.61. The van der Waals surface area contributed by atoms with E-state index in [1.807, 2.05) is 0 Å². The number of nitriles is 1. The van der Waals surface area contributed by atoms with Crippen molar-refractivity contribution in [1.82, 2.24) is 0 Å². The van der Waals surface area contributed by atoms with Gasteiger partial charge in [0.25, 0.3) is 0 Å². The number of hydrogen-bond donors (Lipinski definition) is 3. The molecule has 1 aliphatic rings. The van der Waals surface area contributed by atoms with E-state index in [9.17, 15) is 22.3 Å². The van der Waals surface area contributed by atoms with Gasteiger partial charge in [0.15, 0.2) is 5.84 Å². The van der Waals surface area contributed by atoms with Crippen molar-refractivity contribution >= 4 is 22.3 Å². The fraction of sp³-hybridized carbons (Fsp3) is 0.0667. The van der Waals surface area contributed by atoms with Gasteiger partial charge in [-0.2, -0.15) is 18.4 Å². The van der Waals surface area contributed by atoms with Crippen molar-refractivity contribution in [1.29, 1.82) is 5.26 Å². The molecule has 0 spiro atoms. The van der Waals surface area contributed by atoms with Gasteiger partial charge in [-0.25, -0.2) is 0 Å². The lowest BCUT2D eigenvalue weighted by atomic mass is 10.1. The summed E-state index contributed by atoms with van der Waals surface area (Å²) in [6.07, 6.45) is -4.61. The maximum Gasteiger partial charge on any atom is 0.416 e. The zero-order valence-electron chi connectivity index (χ0n) is 11.9. The Morgan fingerprint density at radius 1 is 1.12 bits per heavy atom. The summed E-state index contributed by atoms with van der Waals surface area (Å²) in [7, 11) is -3.39. The minimum Gasteiger partial charge on any atom is -0.338 e. The minimum absolute atomic E-state index is 0.0213. The number of rotatable bonds is 1. The molecule has 0 aliphatic carbocycles. The van der Waals surface area contributed by atoms with E-state index in [1.54, 1.807) is 24.3 Å². The van der Waals surface area contributed by atoms with E-state index in [1.165, 1.54) is 12.1 Å². The predicted octanol–water partition coefficient (Wildman–Crippen LogP) is 4.47. The van der Waals surface area contributed by atoms with Gasteiger partial charge in [0, 0.05) is 11.3 Å². The highest BCUT2D eigenvalue weighted by molar-refractivity contribution is 8.23. The molecule has 0 unspecified atom stereocenters. The van der Waals surface area contributed by atoms with E-state index in [0.29, 0.717) is 5.56 Å². The summed E-state index contributed by atoms with van der Waals surface area (Å²) in [5.74, 6) is 0.0359. The van der Waals surface area contributed by atoms with Crippen molar-refractivity contribution in [3.8, 4) is 6.07 Å². The van der Waals surface area contributed by atoms with Crippen LogP contribution in [0.2, 0.25) is 0 Å². The summed E-state index contributed by atoms with van der Waals surface area (Å²) in [5.41, 5.74) is -0.797. The van der Waals surface area contributed by atoms with Crippen LogP contribution < -0.4 is 5.32 Å². The summed E-state index contributed by atoms with van der Waals surface area (Å²) < 4.78 is 62.4. The molecule has 0 aromatic heterocycles. The lowest BCUT2D eigenvalue weighted by Crippen LogP contribution is -2.13. The number of anilines is 1. The van der Waals surface area contributed by atoms with Crippen LogP contribution in [0.1, 0.15) is 16.7 Å². The Morgan fingerprint density at radius 3 is 2.50 bits per heavy atom. The van der Waals surface area contributed by atoms with E-state index >= 15 is 0 Å². The zero-order valence-corrected chi connectivity index (χ0v) is 12.7. The van der Waals surface area contributed by atoms with Crippen LogP contribution >= 0.6 is 10.8 Å². The van der Waals surface area contributed by atoms with Crippen molar-refractivity contribution in [2.45, 2.75) is 11.1 Å². The average molecular weight is 353 g/mol. The SMILES string of the molecule is N#Cc1cc(NC2=NS(O)(O)c3ccccc32)cc(C(F)(F)F)c1. The number of nitrogens with zero attached hydrogens (tertiary/aromatic N) is 2. The van der Waals surface area contributed by atoms with Crippen molar-refractivity contribution in [2.24, 2.45) is 4.40 Å². The van der Waals surface area contributed by atoms with Crippen molar-refractivity contribution in [3.05, 3.63) is 59.2 Å². The van der Waals surface area contributed by atoms with Gasteiger partial charge in [0.05, 0.1) is 22.1 Å². The molecule has 3 rings (SSSR count). The van der Waals surface area contributed by atoms with E-state index in [4.69, 9.17) is 5.26 Å². The molecular formula is C15H10F3N3O2S. The summed E-state index contributed by atoms with van der Waals surface area (Å²) in [6, 6.07) is 10.8. The average Bonchev–Trinajstić information content (AvgIpc) is 2.77. The van der Waals surface area contributed by atoms with Gasteiger partial charge in [-0.15, -0.1) is 4.40 Å². The number of halogens is 3. The Kier molecular flexibility index (Phi) is 3.76. The van der Waals surface area contributed by atoms with Gasteiger partial charge in [0.2, 0.25) is 0 Å². The maximum absolute atomic E-state index is 12.9. The van der Waals surface area contributed by atoms with Gasteiger partial charge in [0.1, 0.15) is 0 Å². The highest BCUT2D eigenvalue weighted by Gasteiger charge is 2.32. The quantitative estimate of drug-likeness (QED) is 0.705. The summed E-state index contributed by atoms with van der Waals surface area (Å²) >= 11 is 0. The molecule has 2 aromatic rings. The van der Waals surface area contributed by atoms with Gasteiger partial charge in [-0.05, 0) is 30.3 Å². The highest BCUT2D eigenvalue weighted by Crippen LogP contribution is 2.55. The molecule has 0 bridgehead atoms. The van der Waals surface area contributed by atoms with Crippen LogP contribution in [0.15, 0.2) is 51.8 Å². The van der Waals surface area contributed by atoms with Crippen LogP contribution in [0.3, 0.4) is 0 Å². The Balaban J connectivity index is 2.03. The van der Waals surface area contributed by atoms with Crippen molar-refractivity contribution < 1.29 is 22.3 Å². The largest absolute Gasteiger partial charge is 0.416 e. The van der Waals surface area contributed by atoms with Crippen molar-refractivity contribution in [3.63, 3.8) is 0 Å². The molecule has 124 valence electrons. The van der Waals surface area contributed by atoms with Crippen LogP contribution in [0.25, 0.3) is 0 Å². The molecule has 5 nitrogen and oxygen atoms in total. The first-order chi connectivity index (χ1) is 11.2. The van der Waals surface area contributed by atoms with Gasteiger partial charge < -0.3 is 5.32 Å². The molecule has 0 atom stereocenters. The fourth-order valence-corrected chi connectivity index (χ4v) is 3.50. The first-order valence-electron chi connectivity index (χ1n) is 6.58. The Hall–Kier alpha value is -2.54. The van der Waals surface area contributed by atoms with Crippen LogP contribution in [0.4, 0.5) is 18.9 Å². The van der Waals surface area contributed by atoms with Gasteiger partial charge >= 0.3 is 6.18 Å². The van der Waals surface area contributed by atoms with E-state index in [-0.39, 0.29) is 22.0 Å². The maximum atomic E-state index is 12.9. The number of nitrogens with one attached hydrogen (secondary N) is 1. The molecule has 0 saturated heterocycles. The molecule has 2 aromatic carbocycles. The van der Waals surface area contributed by atoms with Crippen LogP contribution in [0.5, 0.6) is 0 Å². The molecule has 1 aliphatic heterocycles. The van der Waals surface area contributed by atoms with Crippen LogP contribution in [-0.2, 0) is 6.18 Å². The van der Waals surface area contributed by atoms with E-state index in [0.717, 1.165) is 12.1 Å². The molecule has 9 heteroatoms. The molecule has 1 heterocycles. The third kappa shape index (κ3) is 2.94. The number of hydrogen-bond acceptors (Lipinski definition) is 5. The first kappa shape index (κ1) is 16.3. The first-order valence-corrected chi connectivity index (χ1v) is 8.08. The van der Waals surface area contributed by atoms with Crippen molar-refractivity contribution in [2.75, 3.05) is 5.32 Å². The lowest BCUT2D eigenvalue weighted by Gasteiger charge is -2.22. The third-order valence-electron chi connectivity index (χ3n) is 3.31. The molecular weight excluding hydrogens is 343 g/mol. The van der Waals surface area contributed by atoms with Crippen LogP contribution in [-0.4, -0.2) is 14.9 Å². The number of benzene rings is 2. The van der Waals surface area contributed by atoms with Crippen LogP contribution in [0, 0.1) is 11.3 Å². The van der Waals surface area contributed by atoms with Gasteiger partial charge in [-0.1, -0.05) is 22.9 Å². The molecule has 3 N–H and O–H groups in total. The number of fused-ring (bicyclic) bond motifs is 1. The van der Waals surface area contributed by atoms with E-state index < -0.39 is 22.5 Å². The molecule has 0 radical (unpaired) electrons. The second-order valence-corrected chi connectivity index (χ2v) is 6.65. The summed E-state index contributed by atoms with van der Waals surface area (Å²) in [4.78, 5) is 0.194. The summed E-state index contributed by atoms with van der Waals surface area (Å²) in [5, 5.41) is 11.5. The molecule has 0 fully saturated rings. The molecule has 0 amide bonds. The third-order valence-corrected chi connectivity index (χ3v) is 4.69. The smallest absolute Gasteiger partial charge is 0.338 e. The topological polar surface area (TPSA) is 88.6 Å². The Labute approximate surface area is 136 Å². The van der Waals surface area contributed by atoms with E-state index in [2.05, 4.69) is 9.71 Å². The number of alkyl halides is 3. The fourth-order valence-electron chi connectivity index (χ4n) is 2.28. The zero-order chi connectivity index (χ0) is 17.5. The lowest BCUT2D eigenvalue weighted by molar-refractivity contribution is -0.137. The predicted molar refractivity (Wildman–Crippen MR) is 83.9 cm³/mol. The monoisotopic (exact) mass is 353 g/mol. The normalized spacial score (nSPS) is 16.8. The molecule has 0 saturated carbocycles. The Morgan fingerprint density at radius 2 is 1.83 bits per heavy atom. The second kappa shape index (κ2) is 5.52. The standard InChI is InChI=1S/C15H10F3N3O2S/c16-15(17,18)10-5-9(8-19)6-11(7-10)20-14-12-3-1-2-4-13(12)24(22,23)21-14/h1-7,22-23H,(H,20,21). The second-order valence-electron chi connectivity index (χ2n) is 4.99.